The van der Waals surface area contributed by atoms with Gasteiger partial charge in [0.25, 0.3) is 0 Å². The number of hydrogen-bond donors (Lipinski definition) is 1. The molecule has 2 atom stereocenters. The van der Waals surface area contributed by atoms with Crippen molar-refractivity contribution in [1.82, 2.24) is 0 Å². The third kappa shape index (κ3) is 5.70. The predicted molar refractivity (Wildman–Crippen MR) is 132 cm³/mol. The minimum absolute atomic E-state index is 0.0435. The van der Waals surface area contributed by atoms with Crippen molar-refractivity contribution in [3.8, 4) is 0 Å². The highest BCUT2D eigenvalue weighted by Crippen LogP contribution is 2.42. The summed E-state index contributed by atoms with van der Waals surface area (Å²) in [5.41, 5.74) is 4.01. The number of rotatable bonds is 9. The molecule has 1 aliphatic heterocycles. The van der Waals surface area contributed by atoms with Crippen LogP contribution in [0.1, 0.15) is 75.8 Å². The van der Waals surface area contributed by atoms with Gasteiger partial charge in [-0.15, -0.1) is 11.8 Å². The minimum Gasteiger partial charge on any atom is -0.326 e. The number of benzene rings is 2. The van der Waals surface area contributed by atoms with Gasteiger partial charge in [-0.05, 0) is 54.2 Å². The third-order valence-corrected chi connectivity index (χ3v) is 7.13. The van der Waals surface area contributed by atoms with Crippen LogP contribution in [0.5, 0.6) is 0 Å². The molecule has 5 heteroatoms. The number of anilines is 2. The first kappa shape index (κ1) is 23.4. The first-order chi connectivity index (χ1) is 14.9. The van der Waals surface area contributed by atoms with E-state index in [2.05, 4.69) is 45.1 Å². The molecule has 4 nitrogen and oxygen atoms in total. The van der Waals surface area contributed by atoms with Gasteiger partial charge in [0.05, 0.1) is 5.75 Å². The van der Waals surface area contributed by atoms with Gasteiger partial charge in [-0.2, -0.15) is 0 Å². The molecule has 0 saturated carbocycles. The highest BCUT2D eigenvalue weighted by Gasteiger charge is 2.34. The minimum atomic E-state index is -0.0867. The zero-order chi connectivity index (χ0) is 22.4. The van der Waals surface area contributed by atoms with Crippen molar-refractivity contribution in [1.29, 1.82) is 0 Å². The van der Waals surface area contributed by atoms with Crippen LogP contribution < -0.4 is 10.2 Å². The Morgan fingerprint density at radius 1 is 1.16 bits per heavy atom. The van der Waals surface area contributed by atoms with E-state index in [1.807, 2.05) is 41.3 Å². The van der Waals surface area contributed by atoms with Crippen LogP contribution >= 0.6 is 11.8 Å². The molecule has 31 heavy (non-hydrogen) atoms. The summed E-state index contributed by atoms with van der Waals surface area (Å²) in [7, 11) is 0. The first-order valence-corrected chi connectivity index (χ1v) is 12.4. The second-order valence-corrected chi connectivity index (χ2v) is 9.60. The molecule has 166 valence electrons. The van der Waals surface area contributed by atoms with Crippen molar-refractivity contribution in [3.05, 3.63) is 59.7 Å². The van der Waals surface area contributed by atoms with Gasteiger partial charge < -0.3 is 5.32 Å². The monoisotopic (exact) mass is 438 g/mol. The summed E-state index contributed by atoms with van der Waals surface area (Å²) in [6.45, 7) is 8.55. The SMILES string of the molecule is CCCC[C@H](CC)C(=O)Nc1cccc([C@@H]2SCC(=O)N2c2ccc(C(C)C)cc2)c1. The topological polar surface area (TPSA) is 49.4 Å². The highest BCUT2D eigenvalue weighted by atomic mass is 32.2. The molecular weight excluding hydrogens is 404 g/mol. The van der Waals surface area contributed by atoms with E-state index in [9.17, 15) is 9.59 Å². The Balaban J connectivity index is 1.78. The van der Waals surface area contributed by atoms with Crippen LogP contribution in [0, 0.1) is 5.92 Å². The lowest BCUT2D eigenvalue weighted by Crippen LogP contribution is -2.28. The van der Waals surface area contributed by atoms with Gasteiger partial charge in [0.2, 0.25) is 11.8 Å². The summed E-state index contributed by atoms with van der Waals surface area (Å²) in [6, 6.07) is 16.2. The Bertz CT molecular complexity index is 895. The number of carbonyl (C=O) groups excluding carboxylic acids is 2. The van der Waals surface area contributed by atoms with Gasteiger partial charge in [-0.25, -0.2) is 0 Å². The molecule has 3 rings (SSSR count). The lowest BCUT2D eigenvalue weighted by atomic mass is 9.98. The number of carbonyl (C=O) groups is 2. The van der Waals surface area contributed by atoms with Crippen LogP contribution in [0.2, 0.25) is 0 Å². The molecule has 1 heterocycles. The molecule has 2 aromatic carbocycles. The van der Waals surface area contributed by atoms with Gasteiger partial charge in [0.1, 0.15) is 5.37 Å². The Hall–Kier alpha value is -2.27. The molecule has 0 aliphatic carbocycles. The molecule has 0 spiro atoms. The quantitative estimate of drug-likeness (QED) is 0.471. The average molecular weight is 439 g/mol. The summed E-state index contributed by atoms with van der Waals surface area (Å²) in [6.07, 6.45) is 3.93. The van der Waals surface area contributed by atoms with Gasteiger partial charge in [-0.3, -0.25) is 14.5 Å². The molecule has 2 aromatic rings. The van der Waals surface area contributed by atoms with E-state index in [1.54, 1.807) is 11.8 Å². The second-order valence-electron chi connectivity index (χ2n) is 8.54. The van der Waals surface area contributed by atoms with E-state index >= 15 is 0 Å². The number of nitrogens with zero attached hydrogens (tertiary/aromatic N) is 1. The number of thioether (sulfide) groups is 1. The van der Waals surface area contributed by atoms with Gasteiger partial charge >= 0.3 is 0 Å². The third-order valence-electron chi connectivity index (χ3n) is 5.91. The van der Waals surface area contributed by atoms with Crippen molar-refractivity contribution in [2.45, 2.75) is 64.7 Å². The number of hydrogen-bond acceptors (Lipinski definition) is 3. The summed E-state index contributed by atoms with van der Waals surface area (Å²) in [5, 5.41) is 3.01. The lowest BCUT2D eigenvalue weighted by molar-refractivity contribution is -0.120. The van der Waals surface area contributed by atoms with Crippen LogP contribution in [0.3, 0.4) is 0 Å². The Kier molecular flexibility index (Phi) is 8.19. The molecular formula is C26H34N2O2S. The maximum atomic E-state index is 12.7. The summed E-state index contributed by atoms with van der Waals surface area (Å²) >= 11 is 1.63. The van der Waals surface area contributed by atoms with Gasteiger partial charge in [0.15, 0.2) is 0 Å². The molecule has 1 saturated heterocycles. The molecule has 1 N–H and O–H groups in total. The number of amides is 2. The molecule has 0 radical (unpaired) electrons. The predicted octanol–water partition coefficient (Wildman–Crippen LogP) is 6.74. The molecule has 0 unspecified atom stereocenters. The summed E-state index contributed by atoms with van der Waals surface area (Å²) in [5.74, 6) is 1.17. The molecule has 2 amide bonds. The summed E-state index contributed by atoms with van der Waals surface area (Å²) in [4.78, 5) is 27.3. The highest BCUT2D eigenvalue weighted by molar-refractivity contribution is 8.00. The maximum absolute atomic E-state index is 12.7. The largest absolute Gasteiger partial charge is 0.326 e. The number of unbranched alkanes of at least 4 members (excludes halogenated alkanes) is 1. The average Bonchev–Trinajstić information content (AvgIpc) is 3.16. The van der Waals surface area contributed by atoms with Crippen molar-refractivity contribution >= 4 is 35.0 Å². The van der Waals surface area contributed by atoms with Crippen LogP contribution in [-0.2, 0) is 9.59 Å². The van der Waals surface area contributed by atoms with Crippen molar-refractivity contribution in [2.75, 3.05) is 16.0 Å². The zero-order valence-corrected chi connectivity index (χ0v) is 19.9. The van der Waals surface area contributed by atoms with Gasteiger partial charge in [0, 0.05) is 17.3 Å². The molecule has 0 aromatic heterocycles. The lowest BCUT2D eigenvalue weighted by Gasteiger charge is -2.25. The number of nitrogens with one attached hydrogen (secondary N) is 1. The fourth-order valence-electron chi connectivity index (χ4n) is 3.96. The van der Waals surface area contributed by atoms with E-state index in [4.69, 9.17) is 0 Å². The first-order valence-electron chi connectivity index (χ1n) is 11.4. The van der Waals surface area contributed by atoms with E-state index in [0.29, 0.717) is 11.7 Å². The van der Waals surface area contributed by atoms with E-state index in [-0.39, 0.29) is 23.1 Å². The summed E-state index contributed by atoms with van der Waals surface area (Å²) < 4.78 is 0. The Morgan fingerprint density at radius 3 is 2.55 bits per heavy atom. The van der Waals surface area contributed by atoms with Crippen molar-refractivity contribution < 1.29 is 9.59 Å². The van der Waals surface area contributed by atoms with Crippen LogP contribution in [0.4, 0.5) is 11.4 Å². The van der Waals surface area contributed by atoms with E-state index in [1.165, 1.54) is 5.56 Å². The Morgan fingerprint density at radius 2 is 1.90 bits per heavy atom. The molecule has 1 fully saturated rings. The molecule has 1 aliphatic rings. The van der Waals surface area contributed by atoms with Crippen molar-refractivity contribution in [2.24, 2.45) is 5.92 Å². The van der Waals surface area contributed by atoms with Crippen LogP contribution in [0.25, 0.3) is 0 Å². The Labute approximate surface area is 190 Å². The normalized spacial score (nSPS) is 17.3. The van der Waals surface area contributed by atoms with E-state index in [0.717, 1.165) is 42.6 Å². The fourth-order valence-corrected chi connectivity index (χ4v) is 5.12. The molecule has 0 bridgehead atoms. The smallest absolute Gasteiger partial charge is 0.238 e. The maximum Gasteiger partial charge on any atom is 0.238 e. The van der Waals surface area contributed by atoms with Crippen molar-refractivity contribution in [3.63, 3.8) is 0 Å². The fraction of sp³-hybridized carbons (Fsp3) is 0.462. The zero-order valence-electron chi connectivity index (χ0n) is 19.1. The van der Waals surface area contributed by atoms with E-state index < -0.39 is 0 Å². The standard InChI is InChI=1S/C26H34N2O2S/c1-5-7-9-19(6-2)25(30)27-22-11-8-10-21(16-22)26-28(24(29)17-31-26)23-14-12-20(13-15-23)18(3)4/h8,10-16,18-19,26H,5-7,9,17H2,1-4H3,(H,27,30)/t19-,26-/m0/s1. The van der Waals surface area contributed by atoms with Gasteiger partial charge in [-0.1, -0.05) is 64.8 Å². The second kappa shape index (κ2) is 10.9. The van der Waals surface area contributed by atoms with Crippen LogP contribution in [0.15, 0.2) is 48.5 Å². The van der Waals surface area contributed by atoms with Crippen LogP contribution in [-0.4, -0.2) is 17.6 Å².